The first-order chi connectivity index (χ1) is 8.82. The molecule has 0 amide bonds. The fraction of sp³-hybridized carbons (Fsp3) is 0.500. The molecule has 0 bridgehead atoms. The van der Waals surface area contributed by atoms with Gasteiger partial charge >= 0.3 is 0 Å². The predicted molar refractivity (Wildman–Crippen MR) is 81.8 cm³/mol. The van der Waals surface area contributed by atoms with Crippen LogP contribution >= 0.6 is 27.5 Å². The van der Waals surface area contributed by atoms with Crippen LogP contribution in [0.25, 0.3) is 0 Å². The monoisotopic (exact) mass is 368 g/mol. The summed E-state index contributed by atoms with van der Waals surface area (Å²) in [5.74, 6) is 0. The van der Waals surface area contributed by atoms with Crippen molar-refractivity contribution in [3.05, 3.63) is 27.7 Å². The van der Waals surface area contributed by atoms with Gasteiger partial charge in [0.15, 0.2) is 0 Å². The van der Waals surface area contributed by atoms with E-state index in [9.17, 15) is 8.42 Å². The number of halogens is 2. The van der Waals surface area contributed by atoms with Crippen LogP contribution in [0.3, 0.4) is 0 Å². The molecule has 0 saturated carbocycles. The van der Waals surface area contributed by atoms with E-state index in [1.165, 1.54) is 6.07 Å². The number of benzene rings is 1. The molecule has 7 heteroatoms. The van der Waals surface area contributed by atoms with Crippen LogP contribution in [0.4, 0.5) is 0 Å². The minimum absolute atomic E-state index is 0.125. The van der Waals surface area contributed by atoms with Gasteiger partial charge in [0.2, 0.25) is 10.0 Å². The number of hydrogen-bond donors (Lipinski definition) is 2. The molecule has 0 aliphatic carbocycles. The molecule has 3 N–H and O–H groups in total. The fourth-order valence-corrected chi connectivity index (χ4v) is 4.55. The van der Waals surface area contributed by atoms with E-state index in [2.05, 4.69) is 20.7 Å². The van der Waals surface area contributed by atoms with Crippen molar-refractivity contribution < 1.29 is 8.42 Å². The van der Waals surface area contributed by atoms with Gasteiger partial charge in [0.25, 0.3) is 0 Å². The predicted octanol–water partition coefficient (Wildman–Crippen LogP) is 2.90. The highest BCUT2D eigenvalue weighted by atomic mass is 79.9. The van der Waals surface area contributed by atoms with Crippen molar-refractivity contribution in [2.75, 3.05) is 6.54 Å². The summed E-state index contributed by atoms with van der Waals surface area (Å²) >= 11 is 9.14. The Morgan fingerprint density at radius 2 is 1.95 bits per heavy atom. The Morgan fingerprint density at radius 1 is 1.37 bits per heavy atom. The lowest BCUT2D eigenvalue weighted by atomic mass is 9.95. The van der Waals surface area contributed by atoms with Crippen molar-refractivity contribution in [1.82, 2.24) is 4.72 Å². The minimum Gasteiger partial charge on any atom is -0.329 e. The van der Waals surface area contributed by atoms with E-state index in [0.29, 0.717) is 22.3 Å². The van der Waals surface area contributed by atoms with Gasteiger partial charge in [-0.05, 0) is 40.9 Å². The smallest absolute Gasteiger partial charge is 0.242 e. The van der Waals surface area contributed by atoms with Crippen molar-refractivity contribution in [1.29, 1.82) is 0 Å². The van der Waals surface area contributed by atoms with Crippen LogP contribution in [0.1, 0.15) is 26.7 Å². The molecule has 0 fully saturated rings. The maximum atomic E-state index is 12.4. The highest BCUT2D eigenvalue weighted by molar-refractivity contribution is 9.10. The molecule has 0 aromatic heterocycles. The summed E-state index contributed by atoms with van der Waals surface area (Å²) < 4.78 is 27.9. The number of sulfonamides is 1. The van der Waals surface area contributed by atoms with Crippen LogP contribution in [0.15, 0.2) is 27.6 Å². The molecule has 0 unspecified atom stereocenters. The maximum Gasteiger partial charge on any atom is 0.242 e. The summed E-state index contributed by atoms with van der Waals surface area (Å²) in [6.07, 6.45) is 1.24. The standard InChI is InChI=1S/C12H18BrClN2O2S/c1-3-12(4-2,8-15)16-19(17,18)10-7-5-6-9(14)11(10)13/h5-7,16H,3-4,8,15H2,1-2H3. The van der Waals surface area contributed by atoms with Crippen LogP contribution in [0.2, 0.25) is 5.02 Å². The van der Waals surface area contributed by atoms with Gasteiger partial charge in [-0.1, -0.05) is 31.5 Å². The second-order valence-electron chi connectivity index (χ2n) is 4.35. The van der Waals surface area contributed by atoms with Gasteiger partial charge in [0, 0.05) is 12.1 Å². The van der Waals surface area contributed by atoms with Gasteiger partial charge in [-0.2, -0.15) is 0 Å². The van der Waals surface area contributed by atoms with Crippen molar-refractivity contribution in [3.63, 3.8) is 0 Å². The van der Waals surface area contributed by atoms with Crippen LogP contribution < -0.4 is 10.5 Å². The Hall–Kier alpha value is -0.140. The Kier molecular flexibility index (Phi) is 5.82. The number of hydrogen-bond acceptors (Lipinski definition) is 3. The van der Waals surface area contributed by atoms with E-state index in [0.717, 1.165) is 0 Å². The minimum atomic E-state index is -3.67. The number of nitrogens with one attached hydrogen (secondary N) is 1. The van der Waals surface area contributed by atoms with E-state index in [1.54, 1.807) is 12.1 Å². The van der Waals surface area contributed by atoms with Gasteiger partial charge in [-0.3, -0.25) is 0 Å². The topological polar surface area (TPSA) is 72.2 Å². The molecule has 1 aromatic rings. The summed E-state index contributed by atoms with van der Waals surface area (Å²) in [5, 5.41) is 0.356. The van der Waals surface area contributed by atoms with Crippen LogP contribution in [0.5, 0.6) is 0 Å². The first kappa shape index (κ1) is 16.9. The highest BCUT2D eigenvalue weighted by Gasteiger charge is 2.31. The maximum absolute atomic E-state index is 12.4. The number of rotatable bonds is 6. The molecule has 0 heterocycles. The molecule has 0 radical (unpaired) electrons. The average Bonchev–Trinajstić information content (AvgIpc) is 2.39. The molecule has 0 aliphatic rings. The fourth-order valence-electron chi connectivity index (χ4n) is 1.76. The van der Waals surface area contributed by atoms with Crippen molar-refractivity contribution >= 4 is 37.6 Å². The van der Waals surface area contributed by atoms with E-state index >= 15 is 0 Å². The summed E-state index contributed by atoms with van der Waals surface area (Å²) in [7, 11) is -3.67. The van der Waals surface area contributed by atoms with Crippen molar-refractivity contribution in [2.24, 2.45) is 5.73 Å². The normalized spacial score (nSPS) is 12.7. The lowest BCUT2D eigenvalue weighted by Gasteiger charge is -2.31. The Balaban J connectivity index is 3.22. The molecule has 0 atom stereocenters. The van der Waals surface area contributed by atoms with E-state index in [4.69, 9.17) is 17.3 Å². The van der Waals surface area contributed by atoms with E-state index in [1.807, 2.05) is 13.8 Å². The largest absolute Gasteiger partial charge is 0.329 e. The SMILES string of the molecule is CCC(CC)(CN)NS(=O)(=O)c1cccc(Cl)c1Br. The molecule has 0 aliphatic heterocycles. The van der Waals surface area contributed by atoms with Crippen molar-refractivity contribution in [3.8, 4) is 0 Å². The zero-order valence-electron chi connectivity index (χ0n) is 10.9. The van der Waals surface area contributed by atoms with Gasteiger partial charge in [-0.25, -0.2) is 13.1 Å². The third kappa shape index (κ3) is 3.70. The Bertz CT molecular complexity index is 536. The van der Waals surface area contributed by atoms with Crippen LogP contribution in [-0.2, 0) is 10.0 Å². The molecular formula is C12H18BrClN2O2S. The van der Waals surface area contributed by atoms with Crippen LogP contribution in [-0.4, -0.2) is 20.5 Å². The lowest BCUT2D eigenvalue weighted by molar-refractivity contribution is 0.363. The first-order valence-electron chi connectivity index (χ1n) is 6.00. The molecular weight excluding hydrogens is 352 g/mol. The first-order valence-corrected chi connectivity index (χ1v) is 8.65. The van der Waals surface area contributed by atoms with Gasteiger partial charge in [0.05, 0.1) is 14.4 Å². The zero-order chi connectivity index (χ0) is 14.7. The average molecular weight is 370 g/mol. The van der Waals surface area contributed by atoms with Gasteiger partial charge in [0.1, 0.15) is 0 Å². The van der Waals surface area contributed by atoms with E-state index < -0.39 is 15.6 Å². The molecule has 19 heavy (non-hydrogen) atoms. The lowest BCUT2D eigenvalue weighted by Crippen LogP contribution is -2.52. The summed E-state index contributed by atoms with van der Waals surface area (Å²) in [5.41, 5.74) is 5.09. The van der Waals surface area contributed by atoms with Gasteiger partial charge in [-0.15, -0.1) is 0 Å². The second-order valence-corrected chi connectivity index (χ2v) is 7.20. The highest BCUT2D eigenvalue weighted by Crippen LogP contribution is 2.30. The van der Waals surface area contributed by atoms with Gasteiger partial charge < -0.3 is 5.73 Å². The Labute approximate surface area is 127 Å². The second kappa shape index (κ2) is 6.54. The molecule has 4 nitrogen and oxygen atoms in total. The third-order valence-corrected chi connectivity index (χ3v) is 6.58. The van der Waals surface area contributed by atoms with Crippen molar-refractivity contribution in [2.45, 2.75) is 37.1 Å². The zero-order valence-corrected chi connectivity index (χ0v) is 14.1. The molecule has 108 valence electrons. The summed E-state index contributed by atoms with van der Waals surface area (Å²) in [4.78, 5) is 0.125. The van der Waals surface area contributed by atoms with E-state index in [-0.39, 0.29) is 11.4 Å². The summed E-state index contributed by atoms with van der Waals surface area (Å²) in [6.45, 7) is 4.06. The van der Waals surface area contributed by atoms with Crippen LogP contribution in [0, 0.1) is 0 Å². The quantitative estimate of drug-likeness (QED) is 0.810. The number of nitrogens with two attached hydrogens (primary N) is 1. The summed E-state index contributed by atoms with van der Waals surface area (Å²) in [6, 6.07) is 4.73. The molecule has 0 saturated heterocycles. The molecule has 0 spiro atoms. The third-order valence-electron chi connectivity index (χ3n) is 3.30. The Morgan fingerprint density at radius 3 is 2.42 bits per heavy atom. The molecule has 1 rings (SSSR count). The molecule has 1 aromatic carbocycles.